The molecule has 0 saturated heterocycles. The molecule has 0 fully saturated rings. The molecule has 2 aromatic rings. The van der Waals surface area contributed by atoms with Gasteiger partial charge in [0.05, 0.1) is 6.10 Å². The van der Waals surface area contributed by atoms with Crippen LogP contribution in [0.25, 0.3) is 0 Å². The first kappa shape index (κ1) is 14.5. The Hall–Kier alpha value is -0.940. The van der Waals surface area contributed by atoms with Crippen molar-refractivity contribution in [3.63, 3.8) is 0 Å². The van der Waals surface area contributed by atoms with Crippen LogP contribution in [0.1, 0.15) is 28.0 Å². The Kier molecular flexibility index (Phi) is 4.58. The molecule has 0 bridgehead atoms. The van der Waals surface area contributed by atoms with Gasteiger partial charge in [-0.25, -0.2) is 4.39 Å². The van der Waals surface area contributed by atoms with Crippen LogP contribution < -0.4 is 5.73 Å². The standard InChI is InChI=1S/C14H15ClFNOS/c1-8-5-6-19-14(8)13(18)9(7-17)12-10(15)3-2-4-11(12)16/h2-6,9,13,18H,7,17H2,1H3. The van der Waals surface area contributed by atoms with E-state index in [2.05, 4.69) is 0 Å². The van der Waals surface area contributed by atoms with Crippen LogP contribution >= 0.6 is 22.9 Å². The summed E-state index contributed by atoms with van der Waals surface area (Å²) in [7, 11) is 0. The molecule has 1 heterocycles. The molecule has 3 N–H and O–H groups in total. The van der Waals surface area contributed by atoms with E-state index >= 15 is 0 Å². The van der Waals surface area contributed by atoms with E-state index in [9.17, 15) is 9.50 Å². The molecule has 0 aliphatic heterocycles. The van der Waals surface area contributed by atoms with Crippen LogP contribution in [0.4, 0.5) is 4.39 Å². The summed E-state index contributed by atoms with van der Waals surface area (Å²) in [5.74, 6) is -0.984. The largest absolute Gasteiger partial charge is 0.387 e. The molecule has 2 atom stereocenters. The van der Waals surface area contributed by atoms with Crippen LogP contribution in [0, 0.1) is 12.7 Å². The Bertz CT molecular complexity index is 552. The molecule has 0 saturated carbocycles. The SMILES string of the molecule is Cc1ccsc1C(O)C(CN)c1c(F)cccc1Cl. The Morgan fingerprint density at radius 1 is 1.42 bits per heavy atom. The lowest BCUT2D eigenvalue weighted by Gasteiger charge is -2.23. The van der Waals surface area contributed by atoms with Crippen molar-refractivity contribution in [1.82, 2.24) is 0 Å². The van der Waals surface area contributed by atoms with Gasteiger partial charge in [0.15, 0.2) is 0 Å². The van der Waals surface area contributed by atoms with Crippen LogP contribution in [0.3, 0.4) is 0 Å². The average Bonchev–Trinajstić information content (AvgIpc) is 2.79. The molecule has 0 amide bonds. The highest BCUT2D eigenvalue weighted by Gasteiger charge is 2.27. The number of hydrogen-bond donors (Lipinski definition) is 2. The average molecular weight is 300 g/mol. The van der Waals surface area contributed by atoms with Gasteiger partial charge in [-0.3, -0.25) is 0 Å². The van der Waals surface area contributed by atoms with Gasteiger partial charge < -0.3 is 10.8 Å². The van der Waals surface area contributed by atoms with E-state index in [-0.39, 0.29) is 12.1 Å². The lowest BCUT2D eigenvalue weighted by atomic mass is 9.91. The summed E-state index contributed by atoms with van der Waals surface area (Å²) in [5.41, 5.74) is 6.98. The second kappa shape index (κ2) is 6.01. The summed E-state index contributed by atoms with van der Waals surface area (Å²) >= 11 is 7.48. The molecular weight excluding hydrogens is 285 g/mol. The summed E-state index contributed by atoms with van der Waals surface area (Å²) in [5, 5.41) is 12.6. The van der Waals surface area contributed by atoms with E-state index in [1.165, 1.54) is 23.5 Å². The van der Waals surface area contributed by atoms with Crippen molar-refractivity contribution in [2.45, 2.75) is 18.9 Å². The van der Waals surface area contributed by atoms with E-state index in [1.54, 1.807) is 6.07 Å². The number of thiophene rings is 1. The Morgan fingerprint density at radius 3 is 2.68 bits per heavy atom. The molecule has 1 aromatic carbocycles. The number of aliphatic hydroxyl groups is 1. The van der Waals surface area contributed by atoms with Gasteiger partial charge in [-0.1, -0.05) is 17.7 Å². The maximum absolute atomic E-state index is 13.9. The van der Waals surface area contributed by atoms with Crippen LogP contribution in [-0.2, 0) is 0 Å². The van der Waals surface area contributed by atoms with E-state index in [0.717, 1.165) is 10.4 Å². The zero-order chi connectivity index (χ0) is 14.0. The fourth-order valence-corrected chi connectivity index (χ4v) is 3.42. The van der Waals surface area contributed by atoms with Crippen molar-refractivity contribution in [3.05, 3.63) is 56.5 Å². The highest BCUT2D eigenvalue weighted by molar-refractivity contribution is 7.10. The smallest absolute Gasteiger partial charge is 0.128 e. The molecule has 19 heavy (non-hydrogen) atoms. The minimum atomic E-state index is -0.848. The maximum atomic E-state index is 13.9. The van der Waals surface area contributed by atoms with Crippen LogP contribution in [-0.4, -0.2) is 11.7 Å². The molecule has 0 radical (unpaired) electrons. The van der Waals surface area contributed by atoms with Crippen molar-refractivity contribution in [2.75, 3.05) is 6.54 Å². The van der Waals surface area contributed by atoms with Crippen molar-refractivity contribution in [3.8, 4) is 0 Å². The van der Waals surface area contributed by atoms with Crippen LogP contribution in [0.2, 0.25) is 5.02 Å². The first-order valence-electron chi connectivity index (χ1n) is 5.92. The predicted octanol–water partition coefficient (Wildman–Crippen LogP) is 3.62. The number of hydrogen-bond acceptors (Lipinski definition) is 3. The fourth-order valence-electron chi connectivity index (χ4n) is 2.14. The van der Waals surface area contributed by atoms with Crippen molar-refractivity contribution in [2.24, 2.45) is 5.73 Å². The number of aryl methyl sites for hydroxylation is 1. The highest BCUT2D eigenvalue weighted by Crippen LogP contribution is 2.38. The Balaban J connectivity index is 2.43. The third-order valence-corrected chi connectivity index (χ3v) is 4.60. The summed E-state index contributed by atoms with van der Waals surface area (Å²) < 4.78 is 13.9. The first-order valence-corrected chi connectivity index (χ1v) is 7.18. The van der Waals surface area contributed by atoms with E-state index in [1.807, 2.05) is 18.4 Å². The van der Waals surface area contributed by atoms with Gasteiger partial charge in [0.25, 0.3) is 0 Å². The lowest BCUT2D eigenvalue weighted by molar-refractivity contribution is 0.149. The van der Waals surface area contributed by atoms with E-state index in [0.29, 0.717) is 5.02 Å². The third-order valence-electron chi connectivity index (χ3n) is 3.18. The molecule has 0 aliphatic carbocycles. The van der Waals surface area contributed by atoms with E-state index in [4.69, 9.17) is 17.3 Å². The molecule has 0 spiro atoms. The van der Waals surface area contributed by atoms with Gasteiger partial charge in [0.1, 0.15) is 5.82 Å². The predicted molar refractivity (Wildman–Crippen MR) is 77.2 cm³/mol. The van der Waals surface area contributed by atoms with Crippen molar-refractivity contribution in [1.29, 1.82) is 0 Å². The molecule has 0 aliphatic rings. The summed E-state index contributed by atoms with van der Waals surface area (Å²) in [6, 6.07) is 6.39. The summed E-state index contributed by atoms with van der Waals surface area (Å²) in [6.07, 6.45) is -0.848. The zero-order valence-electron chi connectivity index (χ0n) is 10.4. The molecule has 102 valence electrons. The number of benzene rings is 1. The zero-order valence-corrected chi connectivity index (χ0v) is 12.0. The Morgan fingerprint density at radius 2 is 2.16 bits per heavy atom. The number of aliphatic hydroxyl groups excluding tert-OH is 1. The second-order valence-corrected chi connectivity index (χ2v) is 5.75. The number of halogens is 2. The molecule has 2 rings (SSSR count). The van der Waals surface area contributed by atoms with Gasteiger partial charge in [0.2, 0.25) is 0 Å². The van der Waals surface area contributed by atoms with E-state index < -0.39 is 17.8 Å². The molecular formula is C14H15ClFNOS. The van der Waals surface area contributed by atoms with Crippen LogP contribution in [0.5, 0.6) is 0 Å². The quantitative estimate of drug-likeness (QED) is 0.905. The Labute approximate surface area is 120 Å². The van der Waals surface area contributed by atoms with Crippen LogP contribution in [0.15, 0.2) is 29.6 Å². The lowest BCUT2D eigenvalue weighted by Crippen LogP contribution is -2.21. The van der Waals surface area contributed by atoms with Gasteiger partial charge >= 0.3 is 0 Å². The molecule has 5 heteroatoms. The second-order valence-electron chi connectivity index (χ2n) is 4.39. The monoisotopic (exact) mass is 299 g/mol. The molecule has 2 nitrogen and oxygen atoms in total. The summed E-state index contributed by atoms with van der Waals surface area (Å²) in [6.45, 7) is 2.03. The normalized spacial score (nSPS) is 14.4. The van der Waals surface area contributed by atoms with Gasteiger partial charge in [-0.15, -0.1) is 11.3 Å². The van der Waals surface area contributed by atoms with Crippen molar-refractivity contribution < 1.29 is 9.50 Å². The van der Waals surface area contributed by atoms with Gasteiger partial charge in [-0.05, 0) is 36.1 Å². The fraction of sp³-hybridized carbons (Fsp3) is 0.286. The minimum Gasteiger partial charge on any atom is -0.387 e. The molecule has 2 unspecified atom stereocenters. The topological polar surface area (TPSA) is 46.2 Å². The van der Waals surface area contributed by atoms with Gasteiger partial charge in [-0.2, -0.15) is 0 Å². The maximum Gasteiger partial charge on any atom is 0.128 e. The number of rotatable bonds is 4. The highest BCUT2D eigenvalue weighted by atomic mass is 35.5. The summed E-state index contributed by atoms with van der Waals surface area (Å²) in [4.78, 5) is 0.801. The van der Waals surface area contributed by atoms with Crippen molar-refractivity contribution >= 4 is 22.9 Å². The molecule has 1 aromatic heterocycles. The first-order chi connectivity index (χ1) is 9.06. The minimum absolute atomic E-state index is 0.124. The van der Waals surface area contributed by atoms with Gasteiger partial charge in [0, 0.05) is 27.9 Å². The third kappa shape index (κ3) is 2.82. The number of nitrogens with two attached hydrogens (primary N) is 1.